The molecule has 6 nitrogen and oxygen atoms in total. The highest BCUT2D eigenvalue weighted by atomic mass is 32.2. The van der Waals surface area contributed by atoms with Crippen LogP contribution in [0.4, 0.5) is 0 Å². The third kappa shape index (κ3) is 3.46. The molecular weight excluding hydrogens is 280 g/mol. The highest BCUT2D eigenvalue weighted by molar-refractivity contribution is 7.89. The molecule has 0 amide bonds. The molecule has 2 aromatic rings. The van der Waals surface area contributed by atoms with Gasteiger partial charge in [0.15, 0.2) is 0 Å². The van der Waals surface area contributed by atoms with Crippen molar-refractivity contribution in [3.05, 3.63) is 53.9 Å². The molecule has 3 N–H and O–H groups in total. The zero-order chi connectivity index (χ0) is 14.6. The number of sulfonamides is 1. The number of carboxylic acid groups (broad SMARTS) is 1. The summed E-state index contributed by atoms with van der Waals surface area (Å²) in [7, 11) is -3.59. The molecule has 0 aliphatic heterocycles. The van der Waals surface area contributed by atoms with Gasteiger partial charge >= 0.3 is 5.97 Å². The second-order valence-electron chi connectivity index (χ2n) is 4.21. The van der Waals surface area contributed by atoms with Gasteiger partial charge in [-0.15, -0.1) is 0 Å². The maximum Gasteiger partial charge on any atom is 0.307 e. The minimum atomic E-state index is -3.59. The Morgan fingerprint density at radius 2 is 1.90 bits per heavy atom. The van der Waals surface area contributed by atoms with Gasteiger partial charge in [-0.2, -0.15) is 0 Å². The van der Waals surface area contributed by atoms with E-state index in [9.17, 15) is 13.2 Å². The van der Waals surface area contributed by atoms with Crippen molar-refractivity contribution < 1.29 is 18.3 Å². The van der Waals surface area contributed by atoms with Crippen molar-refractivity contribution in [3.63, 3.8) is 0 Å². The fourth-order valence-corrected chi connectivity index (χ4v) is 2.78. The van der Waals surface area contributed by atoms with Gasteiger partial charge in [0, 0.05) is 18.9 Å². The molecule has 1 heterocycles. The molecule has 1 aromatic carbocycles. The molecule has 106 valence electrons. The van der Waals surface area contributed by atoms with Gasteiger partial charge < -0.3 is 10.1 Å². The second-order valence-corrected chi connectivity index (χ2v) is 5.98. The summed E-state index contributed by atoms with van der Waals surface area (Å²) in [6, 6.07) is 8.30. The molecule has 0 fully saturated rings. The van der Waals surface area contributed by atoms with E-state index in [1.165, 1.54) is 18.5 Å². The third-order valence-corrected chi connectivity index (χ3v) is 4.19. The lowest BCUT2D eigenvalue weighted by molar-refractivity contribution is -0.136. The summed E-state index contributed by atoms with van der Waals surface area (Å²) in [5, 5.41) is 8.83. The predicted octanol–water partition coefficient (Wildman–Crippen LogP) is 1.12. The number of H-pyrrole nitrogens is 1. The SMILES string of the molecule is O=C(O)Cc1ccccc1CNS(=O)(=O)c1cc[nH]c1. The van der Waals surface area contributed by atoms with Crippen LogP contribution in [0.3, 0.4) is 0 Å². The first-order chi connectivity index (χ1) is 9.49. The van der Waals surface area contributed by atoms with Gasteiger partial charge in [0.25, 0.3) is 0 Å². The molecule has 0 unspecified atom stereocenters. The van der Waals surface area contributed by atoms with Gasteiger partial charge in [-0.1, -0.05) is 24.3 Å². The van der Waals surface area contributed by atoms with Crippen LogP contribution >= 0.6 is 0 Å². The normalized spacial score (nSPS) is 11.4. The summed E-state index contributed by atoms with van der Waals surface area (Å²) < 4.78 is 26.4. The zero-order valence-corrected chi connectivity index (χ0v) is 11.4. The van der Waals surface area contributed by atoms with E-state index in [-0.39, 0.29) is 17.9 Å². The highest BCUT2D eigenvalue weighted by Gasteiger charge is 2.15. The number of carbonyl (C=O) groups is 1. The Morgan fingerprint density at radius 1 is 1.20 bits per heavy atom. The minimum absolute atomic E-state index is 0.0525. The topological polar surface area (TPSA) is 99.3 Å². The summed E-state index contributed by atoms with van der Waals surface area (Å²) in [5.74, 6) is -0.953. The van der Waals surface area contributed by atoms with Crippen LogP contribution in [0.5, 0.6) is 0 Å². The molecule has 0 saturated heterocycles. The van der Waals surface area contributed by atoms with Crippen molar-refractivity contribution in [2.75, 3.05) is 0 Å². The molecule has 0 aliphatic carbocycles. The average Bonchev–Trinajstić information content (AvgIpc) is 2.92. The van der Waals surface area contributed by atoms with Crippen molar-refractivity contribution in [1.82, 2.24) is 9.71 Å². The summed E-state index contributed by atoms with van der Waals surface area (Å²) in [5.41, 5.74) is 1.24. The van der Waals surface area contributed by atoms with Gasteiger partial charge in [0.2, 0.25) is 10.0 Å². The molecule has 0 aliphatic rings. The number of aromatic amines is 1. The molecule has 2 rings (SSSR count). The second kappa shape index (κ2) is 5.89. The summed E-state index contributed by atoms with van der Waals surface area (Å²) in [6.45, 7) is 0.0525. The fraction of sp³-hybridized carbons (Fsp3) is 0.154. The smallest absolute Gasteiger partial charge is 0.307 e. The molecular formula is C13H14N2O4S. The largest absolute Gasteiger partial charge is 0.481 e. The van der Waals surface area contributed by atoms with Crippen LogP contribution in [0.1, 0.15) is 11.1 Å². The average molecular weight is 294 g/mol. The first-order valence-electron chi connectivity index (χ1n) is 5.90. The fourth-order valence-electron chi connectivity index (χ4n) is 1.80. The molecule has 0 saturated carbocycles. The maximum absolute atomic E-state index is 12.0. The first kappa shape index (κ1) is 14.3. The van der Waals surface area contributed by atoms with Gasteiger partial charge in [-0.3, -0.25) is 4.79 Å². The van der Waals surface area contributed by atoms with E-state index < -0.39 is 16.0 Å². The van der Waals surface area contributed by atoms with Crippen LogP contribution in [0.2, 0.25) is 0 Å². The van der Waals surface area contributed by atoms with E-state index in [1.807, 2.05) is 0 Å². The van der Waals surface area contributed by atoms with Crippen LogP contribution in [0.15, 0.2) is 47.6 Å². The van der Waals surface area contributed by atoms with Gasteiger partial charge in [0.1, 0.15) is 0 Å². The lowest BCUT2D eigenvalue weighted by Crippen LogP contribution is -2.23. The third-order valence-electron chi connectivity index (χ3n) is 2.79. The molecule has 0 spiro atoms. The van der Waals surface area contributed by atoms with E-state index in [4.69, 9.17) is 5.11 Å². The maximum atomic E-state index is 12.0. The van der Waals surface area contributed by atoms with Crippen molar-refractivity contribution >= 4 is 16.0 Å². The quantitative estimate of drug-likeness (QED) is 0.743. The molecule has 7 heteroatoms. The lowest BCUT2D eigenvalue weighted by atomic mass is 10.1. The summed E-state index contributed by atoms with van der Waals surface area (Å²) >= 11 is 0. The highest BCUT2D eigenvalue weighted by Crippen LogP contribution is 2.12. The first-order valence-corrected chi connectivity index (χ1v) is 7.38. The van der Waals surface area contributed by atoms with Crippen molar-refractivity contribution in [2.24, 2.45) is 0 Å². The lowest BCUT2D eigenvalue weighted by Gasteiger charge is -2.09. The zero-order valence-electron chi connectivity index (χ0n) is 10.5. The van der Waals surface area contributed by atoms with E-state index in [0.717, 1.165) is 0 Å². The van der Waals surface area contributed by atoms with E-state index in [1.54, 1.807) is 24.3 Å². The van der Waals surface area contributed by atoms with Gasteiger partial charge in [-0.05, 0) is 17.2 Å². The Balaban J connectivity index is 2.13. The number of benzene rings is 1. The summed E-state index contributed by atoms with van der Waals surface area (Å²) in [4.78, 5) is 13.6. The summed E-state index contributed by atoms with van der Waals surface area (Å²) in [6.07, 6.45) is 2.76. The molecule has 20 heavy (non-hydrogen) atoms. The van der Waals surface area contributed by atoms with E-state index >= 15 is 0 Å². The Hall–Kier alpha value is -2.12. The Labute approximate surface area is 116 Å². The number of rotatable bonds is 6. The number of aliphatic carboxylic acids is 1. The number of carboxylic acids is 1. The van der Waals surface area contributed by atoms with Crippen LogP contribution in [0.25, 0.3) is 0 Å². The molecule has 1 aromatic heterocycles. The van der Waals surface area contributed by atoms with Crippen molar-refractivity contribution in [1.29, 1.82) is 0 Å². The van der Waals surface area contributed by atoms with Crippen LogP contribution in [-0.2, 0) is 27.8 Å². The van der Waals surface area contributed by atoms with Crippen LogP contribution < -0.4 is 4.72 Å². The number of hydrogen-bond donors (Lipinski definition) is 3. The number of hydrogen-bond acceptors (Lipinski definition) is 3. The Morgan fingerprint density at radius 3 is 2.50 bits per heavy atom. The van der Waals surface area contributed by atoms with E-state index in [0.29, 0.717) is 11.1 Å². The Kier molecular flexibility index (Phi) is 4.21. The Bertz CT molecular complexity index is 693. The minimum Gasteiger partial charge on any atom is -0.481 e. The number of aromatic nitrogens is 1. The van der Waals surface area contributed by atoms with E-state index in [2.05, 4.69) is 9.71 Å². The van der Waals surface area contributed by atoms with Gasteiger partial charge in [-0.25, -0.2) is 13.1 Å². The molecule has 0 atom stereocenters. The number of nitrogens with one attached hydrogen (secondary N) is 2. The molecule has 0 bridgehead atoms. The van der Waals surface area contributed by atoms with Crippen LogP contribution in [0, 0.1) is 0 Å². The molecule has 0 radical (unpaired) electrons. The standard InChI is InChI=1S/C13H14N2O4S/c16-13(17)7-10-3-1-2-4-11(10)8-15-20(18,19)12-5-6-14-9-12/h1-6,9,14-15H,7-8H2,(H,16,17). The van der Waals surface area contributed by atoms with Crippen molar-refractivity contribution in [2.45, 2.75) is 17.9 Å². The van der Waals surface area contributed by atoms with Crippen molar-refractivity contribution in [3.8, 4) is 0 Å². The van der Waals surface area contributed by atoms with Crippen LogP contribution in [-0.4, -0.2) is 24.5 Å². The van der Waals surface area contributed by atoms with Gasteiger partial charge in [0.05, 0.1) is 11.3 Å². The monoisotopic (exact) mass is 294 g/mol. The predicted molar refractivity (Wildman–Crippen MR) is 72.6 cm³/mol.